The van der Waals surface area contributed by atoms with Gasteiger partial charge in [-0.05, 0) is 39.0 Å². The van der Waals surface area contributed by atoms with Crippen molar-refractivity contribution >= 4 is 29.1 Å². The molecule has 0 radical (unpaired) electrons. The molecule has 0 aromatic heterocycles. The molecule has 2 fully saturated rings. The summed E-state index contributed by atoms with van der Waals surface area (Å²) >= 11 is 0. The highest BCUT2D eigenvalue weighted by Crippen LogP contribution is 2.27. The van der Waals surface area contributed by atoms with Crippen LogP contribution in [-0.4, -0.2) is 72.5 Å². The zero-order valence-corrected chi connectivity index (χ0v) is 17.4. The molecule has 2 heterocycles. The Morgan fingerprint density at radius 1 is 1.14 bits per heavy atom. The quantitative estimate of drug-likeness (QED) is 0.780. The van der Waals surface area contributed by atoms with Crippen LogP contribution in [0.25, 0.3) is 0 Å². The molecule has 0 aliphatic carbocycles. The highest BCUT2D eigenvalue weighted by molar-refractivity contribution is 5.98. The molecule has 158 valence electrons. The Morgan fingerprint density at radius 3 is 2.41 bits per heavy atom. The van der Waals surface area contributed by atoms with Gasteiger partial charge in [0.15, 0.2) is 0 Å². The fourth-order valence-corrected chi connectivity index (χ4v) is 3.61. The SMILES string of the molecule is CC(C)(C)N1CC(C(=O)Nc2cccc(NC(=O)CN3CCOCC3)c2)CC1=O. The second kappa shape index (κ2) is 8.92. The van der Waals surface area contributed by atoms with Gasteiger partial charge in [-0.25, -0.2) is 0 Å². The van der Waals surface area contributed by atoms with Crippen molar-refractivity contribution in [1.29, 1.82) is 0 Å². The highest BCUT2D eigenvalue weighted by Gasteiger charge is 2.39. The monoisotopic (exact) mass is 402 g/mol. The zero-order chi connectivity index (χ0) is 21.0. The summed E-state index contributed by atoms with van der Waals surface area (Å²) in [6, 6.07) is 7.07. The van der Waals surface area contributed by atoms with E-state index in [-0.39, 0.29) is 35.6 Å². The van der Waals surface area contributed by atoms with Gasteiger partial charge >= 0.3 is 0 Å². The minimum absolute atomic E-state index is 0.00165. The van der Waals surface area contributed by atoms with E-state index >= 15 is 0 Å². The Bertz CT molecular complexity index is 768. The minimum atomic E-state index is -0.374. The second-order valence-electron chi connectivity index (χ2n) is 8.58. The lowest BCUT2D eigenvalue weighted by molar-refractivity contribution is -0.131. The van der Waals surface area contributed by atoms with Crippen LogP contribution in [0, 0.1) is 5.92 Å². The van der Waals surface area contributed by atoms with Gasteiger partial charge in [-0.2, -0.15) is 0 Å². The van der Waals surface area contributed by atoms with E-state index in [9.17, 15) is 14.4 Å². The number of likely N-dealkylation sites (tertiary alicyclic amines) is 1. The third kappa shape index (κ3) is 5.77. The highest BCUT2D eigenvalue weighted by atomic mass is 16.5. The van der Waals surface area contributed by atoms with Crippen LogP contribution in [0.5, 0.6) is 0 Å². The Labute approximate surface area is 171 Å². The summed E-state index contributed by atoms with van der Waals surface area (Å²) in [4.78, 5) is 40.9. The number of nitrogens with one attached hydrogen (secondary N) is 2. The number of anilines is 2. The van der Waals surface area contributed by atoms with Crippen molar-refractivity contribution in [2.75, 3.05) is 50.0 Å². The van der Waals surface area contributed by atoms with Crippen LogP contribution in [0.3, 0.4) is 0 Å². The summed E-state index contributed by atoms with van der Waals surface area (Å²) in [5.41, 5.74) is 0.928. The summed E-state index contributed by atoms with van der Waals surface area (Å²) < 4.78 is 5.29. The van der Waals surface area contributed by atoms with Crippen LogP contribution in [0.2, 0.25) is 0 Å². The molecule has 1 unspecified atom stereocenters. The number of rotatable bonds is 5. The van der Waals surface area contributed by atoms with Gasteiger partial charge in [0.25, 0.3) is 0 Å². The lowest BCUT2D eigenvalue weighted by Gasteiger charge is -2.31. The van der Waals surface area contributed by atoms with Crippen molar-refractivity contribution in [3.63, 3.8) is 0 Å². The minimum Gasteiger partial charge on any atom is -0.379 e. The topological polar surface area (TPSA) is 91.0 Å². The Hall–Kier alpha value is -2.45. The number of hydrogen-bond donors (Lipinski definition) is 2. The fraction of sp³-hybridized carbons (Fsp3) is 0.571. The van der Waals surface area contributed by atoms with Crippen LogP contribution in [-0.2, 0) is 19.1 Å². The standard InChI is InChI=1S/C21H30N4O4/c1-21(2,3)25-13-15(11-19(25)27)20(28)23-17-6-4-5-16(12-17)22-18(26)14-24-7-9-29-10-8-24/h4-6,12,15H,7-11,13-14H2,1-3H3,(H,22,26)(H,23,28). The number of ether oxygens (including phenoxy) is 1. The molecule has 1 aromatic rings. The molecule has 8 nitrogen and oxygen atoms in total. The normalized spacial score (nSPS) is 20.6. The maximum atomic E-state index is 12.6. The molecule has 3 amide bonds. The predicted octanol–water partition coefficient (Wildman–Crippen LogP) is 1.54. The van der Waals surface area contributed by atoms with Crippen molar-refractivity contribution in [2.45, 2.75) is 32.7 Å². The molecule has 2 aliphatic heterocycles. The van der Waals surface area contributed by atoms with Gasteiger partial charge in [-0.15, -0.1) is 0 Å². The van der Waals surface area contributed by atoms with Gasteiger partial charge in [0.2, 0.25) is 17.7 Å². The smallest absolute Gasteiger partial charge is 0.238 e. The first-order chi connectivity index (χ1) is 13.7. The third-order valence-electron chi connectivity index (χ3n) is 5.19. The summed E-state index contributed by atoms with van der Waals surface area (Å²) in [5, 5.41) is 5.75. The molecular weight excluding hydrogens is 372 g/mol. The molecule has 2 aliphatic rings. The van der Waals surface area contributed by atoms with Crippen LogP contribution in [0.15, 0.2) is 24.3 Å². The van der Waals surface area contributed by atoms with Gasteiger partial charge in [0, 0.05) is 43.0 Å². The molecule has 1 aromatic carbocycles. The van der Waals surface area contributed by atoms with Gasteiger partial charge in [-0.1, -0.05) is 6.07 Å². The van der Waals surface area contributed by atoms with Gasteiger partial charge < -0.3 is 20.3 Å². The number of carbonyl (C=O) groups excluding carboxylic acids is 3. The van der Waals surface area contributed by atoms with Gasteiger partial charge in [0.1, 0.15) is 0 Å². The van der Waals surface area contributed by atoms with Crippen molar-refractivity contribution < 1.29 is 19.1 Å². The lowest BCUT2D eigenvalue weighted by atomic mass is 10.1. The Morgan fingerprint density at radius 2 is 1.79 bits per heavy atom. The second-order valence-corrected chi connectivity index (χ2v) is 8.58. The van der Waals surface area contributed by atoms with Crippen LogP contribution >= 0.6 is 0 Å². The average molecular weight is 402 g/mol. The van der Waals surface area contributed by atoms with E-state index in [0.29, 0.717) is 37.7 Å². The lowest BCUT2D eigenvalue weighted by Crippen LogP contribution is -2.42. The summed E-state index contributed by atoms with van der Waals surface area (Å²) in [6.07, 6.45) is 0.221. The first-order valence-corrected chi connectivity index (χ1v) is 10.0. The Kier molecular flexibility index (Phi) is 6.54. The maximum Gasteiger partial charge on any atom is 0.238 e. The summed E-state index contributed by atoms with van der Waals surface area (Å²) in [7, 11) is 0. The molecule has 1 atom stereocenters. The van der Waals surface area contributed by atoms with E-state index in [0.717, 1.165) is 13.1 Å². The van der Waals surface area contributed by atoms with Crippen LogP contribution < -0.4 is 10.6 Å². The number of morpholine rings is 1. The number of nitrogens with zero attached hydrogens (tertiary/aromatic N) is 2. The molecule has 3 rings (SSSR count). The van der Waals surface area contributed by atoms with E-state index < -0.39 is 0 Å². The molecule has 29 heavy (non-hydrogen) atoms. The van der Waals surface area contributed by atoms with E-state index in [1.54, 1.807) is 29.2 Å². The summed E-state index contributed by atoms with van der Waals surface area (Å²) in [5.74, 6) is -0.650. The van der Waals surface area contributed by atoms with Gasteiger partial charge in [0.05, 0.1) is 25.7 Å². The first-order valence-electron chi connectivity index (χ1n) is 10.0. The fourth-order valence-electron chi connectivity index (χ4n) is 3.61. The summed E-state index contributed by atoms with van der Waals surface area (Å²) in [6.45, 7) is 9.41. The van der Waals surface area contributed by atoms with Crippen molar-refractivity contribution in [3.8, 4) is 0 Å². The largest absolute Gasteiger partial charge is 0.379 e. The van der Waals surface area contributed by atoms with Crippen molar-refractivity contribution in [3.05, 3.63) is 24.3 Å². The molecule has 0 bridgehead atoms. The molecular formula is C21H30N4O4. The number of benzene rings is 1. The average Bonchev–Trinajstić information content (AvgIpc) is 3.05. The number of carbonyl (C=O) groups is 3. The molecule has 0 spiro atoms. The number of hydrogen-bond acceptors (Lipinski definition) is 5. The third-order valence-corrected chi connectivity index (χ3v) is 5.19. The molecule has 2 saturated heterocycles. The predicted molar refractivity (Wildman–Crippen MR) is 111 cm³/mol. The van der Waals surface area contributed by atoms with E-state index in [2.05, 4.69) is 10.6 Å². The van der Waals surface area contributed by atoms with E-state index in [1.165, 1.54) is 0 Å². The maximum absolute atomic E-state index is 12.6. The Balaban J connectivity index is 1.55. The van der Waals surface area contributed by atoms with Crippen molar-refractivity contribution in [1.82, 2.24) is 9.80 Å². The zero-order valence-electron chi connectivity index (χ0n) is 17.4. The van der Waals surface area contributed by atoms with Crippen LogP contribution in [0.4, 0.5) is 11.4 Å². The molecule has 2 N–H and O–H groups in total. The number of amides is 3. The van der Waals surface area contributed by atoms with Crippen LogP contribution in [0.1, 0.15) is 27.2 Å². The van der Waals surface area contributed by atoms with E-state index in [1.807, 2.05) is 25.7 Å². The molecule has 8 heteroatoms. The van der Waals surface area contributed by atoms with Crippen molar-refractivity contribution in [2.24, 2.45) is 5.92 Å². The van der Waals surface area contributed by atoms with E-state index in [4.69, 9.17) is 4.74 Å². The van der Waals surface area contributed by atoms with Gasteiger partial charge in [-0.3, -0.25) is 19.3 Å². The molecule has 0 saturated carbocycles. The first kappa shape index (κ1) is 21.3.